The van der Waals surface area contributed by atoms with Crippen molar-refractivity contribution in [3.05, 3.63) is 21.0 Å². The molecule has 0 unspecified atom stereocenters. The Morgan fingerprint density at radius 3 is 2.75 bits per heavy atom. The Labute approximate surface area is 112 Å². The van der Waals surface area contributed by atoms with E-state index < -0.39 is 0 Å². The van der Waals surface area contributed by atoms with E-state index in [2.05, 4.69) is 37.9 Å². The maximum Gasteiger partial charge on any atom is 0.224 e. The van der Waals surface area contributed by atoms with Gasteiger partial charge in [0.25, 0.3) is 0 Å². The van der Waals surface area contributed by atoms with Crippen molar-refractivity contribution in [3.8, 4) is 5.75 Å². The fourth-order valence-electron chi connectivity index (χ4n) is 1.45. The van der Waals surface area contributed by atoms with Gasteiger partial charge >= 0.3 is 0 Å². The third kappa shape index (κ3) is 2.01. The van der Waals surface area contributed by atoms with Gasteiger partial charge in [-0.05, 0) is 46.3 Å². The van der Waals surface area contributed by atoms with Gasteiger partial charge in [-0.2, -0.15) is 0 Å². The second-order valence-corrected chi connectivity index (χ2v) is 4.60. The maximum absolute atomic E-state index is 5.83. The number of halogens is 2. The van der Waals surface area contributed by atoms with Crippen LogP contribution in [-0.4, -0.2) is 24.1 Å². The van der Waals surface area contributed by atoms with Gasteiger partial charge in [0, 0.05) is 12.4 Å². The van der Waals surface area contributed by atoms with Crippen molar-refractivity contribution in [3.63, 3.8) is 0 Å². The molecule has 0 bridgehead atoms. The van der Waals surface area contributed by atoms with E-state index in [0.29, 0.717) is 5.82 Å². The molecule has 0 saturated carbocycles. The Morgan fingerprint density at radius 1 is 1.38 bits per heavy atom. The van der Waals surface area contributed by atoms with E-state index in [4.69, 9.17) is 16.3 Å². The predicted octanol–water partition coefficient (Wildman–Crippen LogP) is 2.94. The second-order valence-electron chi connectivity index (χ2n) is 3.10. The molecule has 1 aromatic carbocycles. The normalized spacial score (nSPS) is 10.5. The first-order valence-electron chi connectivity index (χ1n) is 4.54. The minimum atomic E-state index is 0.234. The topological polar surface area (TPSA) is 47.0 Å². The van der Waals surface area contributed by atoms with Crippen LogP contribution in [0.25, 0.3) is 10.9 Å². The molecule has 0 aliphatic rings. The Kier molecular flexibility index (Phi) is 3.34. The Hall–Kier alpha value is -0.820. The number of fused-ring (bicyclic) bond motifs is 1. The first kappa shape index (κ1) is 11.7. The summed E-state index contributed by atoms with van der Waals surface area (Å²) >= 11 is 8.03. The Bertz CT molecular complexity index is 547. The van der Waals surface area contributed by atoms with Crippen LogP contribution in [0, 0.1) is 3.57 Å². The third-order valence-electron chi connectivity index (χ3n) is 2.18. The Balaban J connectivity index is 2.79. The lowest BCUT2D eigenvalue weighted by molar-refractivity contribution is 0.412. The van der Waals surface area contributed by atoms with Crippen LogP contribution in [0.15, 0.2) is 12.1 Å². The molecule has 0 fully saturated rings. The van der Waals surface area contributed by atoms with Crippen molar-refractivity contribution in [1.82, 2.24) is 9.97 Å². The van der Waals surface area contributed by atoms with E-state index >= 15 is 0 Å². The van der Waals surface area contributed by atoms with Crippen molar-refractivity contribution in [2.24, 2.45) is 0 Å². The van der Waals surface area contributed by atoms with E-state index in [0.717, 1.165) is 20.2 Å². The quantitative estimate of drug-likeness (QED) is 0.669. The van der Waals surface area contributed by atoms with Gasteiger partial charge in [0.05, 0.1) is 16.2 Å². The standard InChI is InChI=1S/C10H9ClIN3O/c1-13-9-5-3-8(16-2)6(12)4-7(5)14-10(11)15-9/h3-4H,1-2H3,(H,13,14,15). The molecule has 0 spiro atoms. The summed E-state index contributed by atoms with van der Waals surface area (Å²) in [6.07, 6.45) is 0. The fraction of sp³-hybridized carbons (Fsp3) is 0.200. The number of methoxy groups -OCH3 is 1. The number of aromatic nitrogens is 2. The highest BCUT2D eigenvalue weighted by Gasteiger charge is 2.09. The number of hydrogen-bond donors (Lipinski definition) is 1. The van der Waals surface area contributed by atoms with Crippen LogP contribution < -0.4 is 10.1 Å². The molecule has 2 aromatic rings. The lowest BCUT2D eigenvalue weighted by atomic mass is 10.2. The average molecular weight is 350 g/mol. The van der Waals surface area contributed by atoms with Crippen molar-refractivity contribution in [2.75, 3.05) is 19.5 Å². The van der Waals surface area contributed by atoms with E-state index in [-0.39, 0.29) is 5.28 Å². The lowest BCUT2D eigenvalue weighted by Crippen LogP contribution is -1.97. The molecule has 6 heteroatoms. The van der Waals surface area contributed by atoms with Crippen molar-refractivity contribution < 1.29 is 4.74 Å². The van der Waals surface area contributed by atoms with E-state index in [1.807, 2.05) is 12.1 Å². The van der Waals surface area contributed by atoms with Crippen LogP contribution in [0.1, 0.15) is 0 Å². The molecule has 0 aliphatic carbocycles. The number of anilines is 1. The number of rotatable bonds is 2. The second kappa shape index (κ2) is 4.58. The highest BCUT2D eigenvalue weighted by atomic mass is 127. The summed E-state index contributed by atoms with van der Waals surface area (Å²) in [7, 11) is 3.43. The lowest BCUT2D eigenvalue weighted by Gasteiger charge is -2.08. The predicted molar refractivity (Wildman–Crippen MR) is 73.4 cm³/mol. The fourth-order valence-corrected chi connectivity index (χ4v) is 2.30. The summed E-state index contributed by atoms with van der Waals surface area (Å²) in [6.45, 7) is 0. The van der Waals surface area contributed by atoms with Gasteiger partial charge in [0.1, 0.15) is 11.6 Å². The summed E-state index contributed by atoms with van der Waals surface area (Å²) < 4.78 is 6.25. The van der Waals surface area contributed by atoms with Crippen molar-refractivity contribution in [2.45, 2.75) is 0 Å². The van der Waals surface area contributed by atoms with Crippen LogP contribution in [-0.2, 0) is 0 Å². The molecule has 1 N–H and O–H groups in total. The molecular weight excluding hydrogens is 340 g/mol. The summed E-state index contributed by atoms with van der Waals surface area (Å²) in [5, 5.41) is 4.11. The zero-order valence-electron chi connectivity index (χ0n) is 8.71. The monoisotopic (exact) mass is 349 g/mol. The summed E-state index contributed by atoms with van der Waals surface area (Å²) in [6, 6.07) is 3.82. The highest BCUT2D eigenvalue weighted by Crippen LogP contribution is 2.30. The number of hydrogen-bond acceptors (Lipinski definition) is 4. The molecule has 0 aliphatic heterocycles. The van der Waals surface area contributed by atoms with Gasteiger partial charge in [0.15, 0.2) is 0 Å². The van der Waals surface area contributed by atoms with Gasteiger partial charge in [0.2, 0.25) is 5.28 Å². The highest BCUT2D eigenvalue weighted by molar-refractivity contribution is 14.1. The molecule has 0 amide bonds. The number of nitrogens with zero attached hydrogens (tertiary/aromatic N) is 2. The first-order valence-corrected chi connectivity index (χ1v) is 6.00. The van der Waals surface area contributed by atoms with Crippen molar-refractivity contribution in [1.29, 1.82) is 0 Å². The first-order chi connectivity index (χ1) is 7.65. The SMILES string of the molecule is CNc1nc(Cl)nc2cc(I)c(OC)cc12. The van der Waals surface area contributed by atoms with Crippen molar-refractivity contribution >= 4 is 50.9 Å². The van der Waals surface area contributed by atoms with E-state index in [1.165, 1.54) is 0 Å². The van der Waals surface area contributed by atoms with E-state index in [1.54, 1.807) is 14.2 Å². The van der Waals surface area contributed by atoms with Crippen LogP contribution >= 0.6 is 34.2 Å². The molecule has 1 aromatic heterocycles. The van der Waals surface area contributed by atoms with Crippen LogP contribution in [0.4, 0.5) is 5.82 Å². The van der Waals surface area contributed by atoms with Gasteiger partial charge < -0.3 is 10.1 Å². The Morgan fingerprint density at radius 2 is 2.12 bits per heavy atom. The largest absolute Gasteiger partial charge is 0.496 e. The minimum absolute atomic E-state index is 0.234. The smallest absolute Gasteiger partial charge is 0.224 e. The van der Waals surface area contributed by atoms with Gasteiger partial charge in [-0.15, -0.1) is 0 Å². The molecule has 0 atom stereocenters. The summed E-state index contributed by atoms with van der Waals surface area (Å²) in [4.78, 5) is 8.28. The maximum atomic E-state index is 5.83. The van der Waals surface area contributed by atoms with Crippen LogP contribution in [0.5, 0.6) is 5.75 Å². The molecule has 4 nitrogen and oxygen atoms in total. The zero-order chi connectivity index (χ0) is 11.7. The summed E-state index contributed by atoms with van der Waals surface area (Å²) in [5.74, 6) is 1.50. The number of ether oxygens (including phenoxy) is 1. The van der Waals surface area contributed by atoms with Gasteiger partial charge in [-0.3, -0.25) is 0 Å². The minimum Gasteiger partial charge on any atom is -0.496 e. The molecule has 84 valence electrons. The average Bonchev–Trinajstić information content (AvgIpc) is 2.26. The molecule has 0 radical (unpaired) electrons. The van der Waals surface area contributed by atoms with E-state index in [9.17, 15) is 0 Å². The van der Waals surface area contributed by atoms with Crippen LogP contribution in [0.3, 0.4) is 0 Å². The zero-order valence-corrected chi connectivity index (χ0v) is 11.6. The molecule has 0 saturated heterocycles. The van der Waals surface area contributed by atoms with Gasteiger partial charge in [-0.25, -0.2) is 9.97 Å². The number of benzene rings is 1. The van der Waals surface area contributed by atoms with Crippen LogP contribution in [0.2, 0.25) is 5.28 Å². The molecule has 2 rings (SSSR count). The third-order valence-corrected chi connectivity index (χ3v) is 3.19. The number of nitrogens with one attached hydrogen (secondary N) is 1. The summed E-state index contributed by atoms with van der Waals surface area (Å²) in [5.41, 5.74) is 0.801. The molecular formula is C10H9ClIN3O. The molecule has 16 heavy (non-hydrogen) atoms. The molecule has 1 heterocycles. The van der Waals surface area contributed by atoms with Gasteiger partial charge in [-0.1, -0.05) is 0 Å².